The number of rotatable bonds is 0. The number of aryl methyl sites for hydroxylation is 1. The molecule has 1 atom stereocenters. The van der Waals surface area contributed by atoms with Gasteiger partial charge in [0.15, 0.2) is 0 Å². The molecule has 1 amide bonds. The van der Waals surface area contributed by atoms with Gasteiger partial charge in [0, 0.05) is 6.54 Å². The monoisotopic (exact) mass is 187 g/mol. The predicted molar refractivity (Wildman–Crippen MR) is 54.1 cm³/mol. The second-order valence-corrected chi connectivity index (χ2v) is 4.25. The molecule has 0 saturated carbocycles. The third-order valence-electron chi connectivity index (χ3n) is 3.63. The molecule has 1 fully saturated rings. The average molecular weight is 187 g/mol. The first-order valence-corrected chi connectivity index (χ1v) is 5.20. The number of nitrogens with one attached hydrogen (secondary N) is 1. The van der Waals surface area contributed by atoms with Gasteiger partial charge in [0.05, 0.1) is 5.41 Å². The van der Waals surface area contributed by atoms with Crippen molar-refractivity contribution in [3.05, 3.63) is 35.4 Å². The van der Waals surface area contributed by atoms with Crippen LogP contribution in [0.3, 0.4) is 0 Å². The summed E-state index contributed by atoms with van der Waals surface area (Å²) < 4.78 is 0. The standard InChI is InChI=1S/C12H13NO/c14-11-12(7-8-13-11)6-5-9-3-1-2-4-10(9)12/h1-4H,5-8H2,(H,13,14). The summed E-state index contributed by atoms with van der Waals surface area (Å²) in [4.78, 5) is 11.8. The van der Waals surface area contributed by atoms with Crippen LogP contribution in [0.5, 0.6) is 0 Å². The SMILES string of the molecule is O=C1NCCC12CCc1ccccc12. The van der Waals surface area contributed by atoms with E-state index in [2.05, 4.69) is 23.5 Å². The Labute approximate surface area is 83.3 Å². The normalized spacial score (nSPS) is 29.3. The zero-order chi connectivity index (χ0) is 9.60. The first-order valence-electron chi connectivity index (χ1n) is 5.20. The molecular formula is C12H13NO. The van der Waals surface area contributed by atoms with Crippen molar-refractivity contribution in [1.29, 1.82) is 0 Å². The highest BCUT2D eigenvalue weighted by atomic mass is 16.2. The van der Waals surface area contributed by atoms with Crippen LogP contribution in [-0.2, 0) is 16.6 Å². The van der Waals surface area contributed by atoms with E-state index in [-0.39, 0.29) is 11.3 Å². The van der Waals surface area contributed by atoms with Crippen molar-refractivity contribution in [2.24, 2.45) is 0 Å². The molecule has 1 unspecified atom stereocenters. The lowest BCUT2D eigenvalue weighted by molar-refractivity contribution is -0.123. The molecule has 3 rings (SSSR count). The lowest BCUT2D eigenvalue weighted by Gasteiger charge is -2.20. The highest BCUT2D eigenvalue weighted by molar-refractivity contribution is 5.91. The van der Waals surface area contributed by atoms with Crippen molar-refractivity contribution in [3.63, 3.8) is 0 Å². The second kappa shape index (κ2) is 2.59. The van der Waals surface area contributed by atoms with Gasteiger partial charge in [-0.05, 0) is 30.4 Å². The van der Waals surface area contributed by atoms with Gasteiger partial charge < -0.3 is 5.32 Å². The van der Waals surface area contributed by atoms with E-state index in [0.29, 0.717) is 0 Å². The Morgan fingerprint density at radius 3 is 2.86 bits per heavy atom. The quantitative estimate of drug-likeness (QED) is 0.653. The molecule has 1 saturated heterocycles. The summed E-state index contributed by atoms with van der Waals surface area (Å²) in [6, 6.07) is 8.37. The Bertz CT molecular complexity index is 399. The summed E-state index contributed by atoms with van der Waals surface area (Å²) in [5.74, 6) is 0.238. The number of fused-ring (bicyclic) bond motifs is 2. The number of carbonyl (C=O) groups is 1. The minimum atomic E-state index is -0.170. The summed E-state index contributed by atoms with van der Waals surface area (Å²) >= 11 is 0. The van der Waals surface area contributed by atoms with E-state index >= 15 is 0 Å². The van der Waals surface area contributed by atoms with Gasteiger partial charge in [0.1, 0.15) is 0 Å². The third kappa shape index (κ3) is 0.834. The molecule has 0 radical (unpaired) electrons. The lowest BCUT2D eigenvalue weighted by atomic mass is 9.80. The van der Waals surface area contributed by atoms with Gasteiger partial charge in [-0.1, -0.05) is 24.3 Å². The van der Waals surface area contributed by atoms with E-state index in [1.807, 2.05) is 6.07 Å². The number of amides is 1. The van der Waals surface area contributed by atoms with Crippen LogP contribution in [-0.4, -0.2) is 12.5 Å². The highest BCUT2D eigenvalue weighted by Gasteiger charge is 2.47. The fraction of sp³-hybridized carbons (Fsp3) is 0.417. The van der Waals surface area contributed by atoms with E-state index in [0.717, 1.165) is 25.8 Å². The summed E-state index contributed by atoms with van der Waals surface area (Å²) in [7, 11) is 0. The lowest BCUT2D eigenvalue weighted by Crippen LogP contribution is -2.33. The van der Waals surface area contributed by atoms with Crippen molar-refractivity contribution in [2.75, 3.05) is 6.54 Å². The smallest absolute Gasteiger partial charge is 0.230 e. The molecule has 1 heterocycles. The fourth-order valence-corrected chi connectivity index (χ4v) is 2.86. The summed E-state index contributed by atoms with van der Waals surface area (Å²) in [6.45, 7) is 0.840. The number of carbonyl (C=O) groups excluding carboxylic acids is 1. The van der Waals surface area contributed by atoms with Crippen molar-refractivity contribution in [3.8, 4) is 0 Å². The van der Waals surface area contributed by atoms with Crippen molar-refractivity contribution >= 4 is 5.91 Å². The van der Waals surface area contributed by atoms with Crippen LogP contribution in [0.25, 0.3) is 0 Å². The molecule has 1 aromatic carbocycles. The minimum absolute atomic E-state index is 0.170. The van der Waals surface area contributed by atoms with E-state index in [1.165, 1.54) is 11.1 Å². The summed E-state index contributed by atoms with van der Waals surface area (Å²) in [5, 5.41) is 2.95. The van der Waals surface area contributed by atoms with E-state index < -0.39 is 0 Å². The van der Waals surface area contributed by atoms with Gasteiger partial charge in [-0.3, -0.25) is 4.79 Å². The zero-order valence-electron chi connectivity index (χ0n) is 8.05. The molecule has 0 aromatic heterocycles. The first-order chi connectivity index (χ1) is 6.83. The fourth-order valence-electron chi connectivity index (χ4n) is 2.86. The van der Waals surface area contributed by atoms with Crippen LogP contribution in [0.15, 0.2) is 24.3 Å². The Balaban J connectivity index is 2.17. The highest BCUT2D eigenvalue weighted by Crippen LogP contribution is 2.43. The molecule has 2 heteroatoms. The van der Waals surface area contributed by atoms with Crippen molar-refractivity contribution < 1.29 is 4.79 Å². The van der Waals surface area contributed by atoms with Gasteiger partial charge in [-0.25, -0.2) is 0 Å². The van der Waals surface area contributed by atoms with Gasteiger partial charge in [-0.15, -0.1) is 0 Å². The Morgan fingerprint density at radius 1 is 1.21 bits per heavy atom. The topological polar surface area (TPSA) is 29.1 Å². The van der Waals surface area contributed by atoms with Crippen LogP contribution < -0.4 is 5.32 Å². The number of hydrogen-bond donors (Lipinski definition) is 1. The molecule has 2 nitrogen and oxygen atoms in total. The maximum Gasteiger partial charge on any atom is 0.230 e. The molecule has 1 aromatic rings. The zero-order valence-corrected chi connectivity index (χ0v) is 8.05. The van der Waals surface area contributed by atoms with Crippen LogP contribution in [0, 0.1) is 0 Å². The van der Waals surface area contributed by atoms with Gasteiger partial charge in [0.2, 0.25) is 5.91 Å². The molecule has 1 spiro atoms. The van der Waals surface area contributed by atoms with Crippen LogP contribution in [0.1, 0.15) is 24.0 Å². The van der Waals surface area contributed by atoms with Crippen molar-refractivity contribution in [1.82, 2.24) is 5.32 Å². The second-order valence-electron chi connectivity index (χ2n) is 4.25. The molecule has 1 N–H and O–H groups in total. The Morgan fingerprint density at radius 2 is 2.07 bits per heavy atom. The van der Waals surface area contributed by atoms with E-state index in [1.54, 1.807) is 0 Å². The van der Waals surface area contributed by atoms with Gasteiger partial charge >= 0.3 is 0 Å². The maximum absolute atomic E-state index is 11.8. The van der Waals surface area contributed by atoms with Gasteiger partial charge in [-0.2, -0.15) is 0 Å². The van der Waals surface area contributed by atoms with Crippen molar-refractivity contribution in [2.45, 2.75) is 24.7 Å². The van der Waals surface area contributed by atoms with E-state index in [4.69, 9.17) is 0 Å². The maximum atomic E-state index is 11.8. The number of benzene rings is 1. The van der Waals surface area contributed by atoms with Gasteiger partial charge in [0.25, 0.3) is 0 Å². The Kier molecular flexibility index (Phi) is 1.49. The average Bonchev–Trinajstić information content (AvgIpc) is 2.76. The summed E-state index contributed by atoms with van der Waals surface area (Å²) in [5.41, 5.74) is 2.47. The van der Waals surface area contributed by atoms with Crippen LogP contribution in [0.4, 0.5) is 0 Å². The number of hydrogen-bond acceptors (Lipinski definition) is 1. The van der Waals surface area contributed by atoms with Crippen LogP contribution >= 0.6 is 0 Å². The minimum Gasteiger partial charge on any atom is -0.355 e. The third-order valence-corrected chi connectivity index (χ3v) is 3.63. The van der Waals surface area contributed by atoms with E-state index in [9.17, 15) is 4.79 Å². The molecule has 1 aliphatic heterocycles. The molecule has 1 aliphatic carbocycles. The Hall–Kier alpha value is -1.31. The largest absolute Gasteiger partial charge is 0.355 e. The molecule has 0 bridgehead atoms. The molecule has 2 aliphatic rings. The summed E-state index contributed by atoms with van der Waals surface area (Å²) in [6.07, 6.45) is 3.03. The first kappa shape index (κ1) is 8.04. The van der Waals surface area contributed by atoms with Crippen LogP contribution in [0.2, 0.25) is 0 Å². The predicted octanol–water partition coefficient (Wildman–Crippen LogP) is 1.39. The molecule has 72 valence electrons. The molecular weight excluding hydrogens is 174 g/mol. The molecule has 14 heavy (non-hydrogen) atoms.